The lowest BCUT2D eigenvalue weighted by atomic mass is 9.97. The minimum Gasteiger partial charge on any atom is -0.478 e. The Labute approximate surface area is 82.6 Å². The summed E-state index contributed by atoms with van der Waals surface area (Å²) in [5.74, 6) is -1.31. The summed E-state index contributed by atoms with van der Waals surface area (Å²) in [6, 6.07) is 0. The summed E-state index contributed by atoms with van der Waals surface area (Å²) in [6.45, 7) is 3.74. The van der Waals surface area contributed by atoms with E-state index in [0.29, 0.717) is 25.0 Å². The molecule has 0 spiro atoms. The van der Waals surface area contributed by atoms with Crippen molar-refractivity contribution in [3.63, 3.8) is 0 Å². The van der Waals surface area contributed by atoms with E-state index in [1.54, 1.807) is 13.8 Å². The van der Waals surface area contributed by atoms with Crippen molar-refractivity contribution in [3.05, 3.63) is 11.6 Å². The standard InChI is InChI=1S/C10H14O4/c1-3-14-9(13)10(4-5-10)7(2)6-8(11)12/h6H,3-5H2,1-2H3,(H,11,12). The molecule has 4 nitrogen and oxygen atoms in total. The molecule has 1 saturated carbocycles. The van der Waals surface area contributed by atoms with Gasteiger partial charge in [0.1, 0.15) is 0 Å². The third-order valence-electron chi connectivity index (χ3n) is 2.51. The highest BCUT2D eigenvalue weighted by Crippen LogP contribution is 2.52. The maximum absolute atomic E-state index is 11.5. The number of carboxylic acid groups (broad SMARTS) is 1. The van der Waals surface area contributed by atoms with E-state index in [1.165, 1.54) is 0 Å². The van der Waals surface area contributed by atoms with Crippen molar-refractivity contribution < 1.29 is 19.4 Å². The van der Waals surface area contributed by atoms with Crippen LogP contribution < -0.4 is 0 Å². The van der Waals surface area contributed by atoms with Crippen molar-refractivity contribution in [3.8, 4) is 0 Å². The minimum absolute atomic E-state index is 0.296. The Bertz CT molecular complexity index is 286. The van der Waals surface area contributed by atoms with Gasteiger partial charge in [-0.15, -0.1) is 0 Å². The molecule has 1 aliphatic carbocycles. The molecule has 0 bridgehead atoms. The minimum atomic E-state index is -1.02. The van der Waals surface area contributed by atoms with Gasteiger partial charge in [-0.2, -0.15) is 0 Å². The fourth-order valence-electron chi connectivity index (χ4n) is 1.48. The average Bonchev–Trinajstić information content (AvgIpc) is 2.83. The molecule has 0 aromatic rings. The van der Waals surface area contributed by atoms with Crippen molar-refractivity contribution >= 4 is 11.9 Å². The number of ether oxygens (including phenoxy) is 1. The van der Waals surface area contributed by atoms with Crippen molar-refractivity contribution in [1.29, 1.82) is 0 Å². The quantitative estimate of drug-likeness (QED) is 0.547. The predicted molar refractivity (Wildman–Crippen MR) is 49.7 cm³/mol. The molecule has 0 aliphatic heterocycles. The first kappa shape index (κ1) is 10.8. The van der Waals surface area contributed by atoms with Crippen molar-refractivity contribution in [2.24, 2.45) is 5.41 Å². The summed E-state index contributed by atoms with van der Waals surface area (Å²) in [4.78, 5) is 21.9. The van der Waals surface area contributed by atoms with Crippen LogP contribution in [-0.4, -0.2) is 23.7 Å². The lowest BCUT2D eigenvalue weighted by Gasteiger charge is -2.13. The molecule has 0 saturated heterocycles. The summed E-state index contributed by atoms with van der Waals surface area (Å²) in [5.41, 5.74) is -0.0440. The van der Waals surface area contributed by atoms with Crippen LogP contribution in [-0.2, 0) is 14.3 Å². The van der Waals surface area contributed by atoms with E-state index in [9.17, 15) is 9.59 Å². The molecule has 0 amide bonds. The molecule has 0 radical (unpaired) electrons. The van der Waals surface area contributed by atoms with Gasteiger partial charge < -0.3 is 9.84 Å². The zero-order chi connectivity index (χ0) is 10.8. The van der Waals surface area contributed by atoms with Gasteiger partial charge in [0.25, 0.3) is 0 Å². The Balaban J connectivity index is 2.75. The number of hydrogen-bond donors (Lipinski definition) is 1. The Morgan fingerprint density at radius 1 is 1.50 bits per heavy atom. The van der Waals surface area contributed by atoms with Gasteiger partial charge in [0.15, 0.2) is 0 Å². The number of rotatable bonds is 4. The summed E-state index contributed by atoms with van der Waals surface area (Å²) >= 11 is 0. The summed E-state index contributed by atoms with van der Waals surface area (Å²) in [5, 5.41) is 8.56. The van der Waals surface area contributed by atoms with Gasteiger partial charge in [-0.05, 0) is 32.3 Å². The van der Waals surface area contributed by atoms with Gasteiger partial charge in [-0.25, -0.2) is 4.79 Å². The normalized spacial score (nSPS) is 18.9. The molecule has 1 N–H and O–H groups in total. The number of aliphatic carboxylic acids is 1. The smallest absolute Gasteiger partial charge is 0.328 e. The first-order valence-corrected chi connectivity index (χ1v) is 4.62. The largest absolute Gasteiger partial charge is 0.478 e. The van der Waals surface area contributed by atoms with E-state index >= 15 is 0 Å². The molecule has 0 heterocycles. The van der Waals surface area contributed by atoms with Crippen molar-refractivity contribution in [2.45, 2.75) is 26.7 Å². The van der Waals surface area contributed by atoms with Crippen LogP contribution in [0, 0.1) is 5.41 Å². The molecular weight excluding hydrogens is 184 g/mol. The predicted octanol–water partition coefficient (Wildman–Crippen LogP) is 1.36. The number of esters is 1. The second-order valence-corrected chi connectivity index (χ2v) is 3.47. The zero-order valence-corrected chi connectivity index (χ0v) is 8.37. The van der Waals surface area contributed by atoms with E-state index < -0.39 is 11.4 Å². The van der Waals surface area contributed by atoms with E-state index in [1.807, 2.05) is 0 Å². The lowest BCUT2D eigenvalue weighted by molar-refractivity contribution is -0.148. The third kappa shape index (κ3) is 1.95. The van der Waals surface area contributed by atoms with Gasteiger partial charge in [0.05, 0.1) is 12.0 Å². The van der Waals surface area contributed by atoms with E-state index in [-0.39, 0.29) is 5.97 Å². The van der Waals surface area contributed by atoms with E-state index in [0.717, 1.165) is 6.08 Å². The molecule has 1 aliphatic rings. The molecule has 0 aromatic carbocycles. The second-order valence-electron chi connectivity index (χ2n) is 3.47. The van der Waals surface area contributed by atoms with Gasteiger partial charge in [0, 0.05) is 6.08 Å². The molecule has 0 aromatic heterocycles. The summed E-state index contributed by atoms with van der Waals surface area (Å²) < 4.78 is 4.90. The summed E-state index contributed by atoms with van der Waals surface area (Å²) in [7, 11) is 0. The number of carbonyl (C=O) groups is 2. The Hall–Kier alpha value is -1.32. The van der Waals surface area contributed by atoms with Crippen LogP contribution in [0.5, 0.6) is 0 Å². The Morgan fingerprint density at radius 2 is 2.07 bits per heavy atom. The molecule has 0 atom stereocenters. The van der Waals surface area contributed by atoms with Gasteiger partial charge in [-0.3, -0.25) is 4.79 Å². The second kappa shape index (κ2) is 3.82. The fraction of sp³-hybridized carbons (Fsp3) is 0.600. The maximum atomic E-state index is 11.5. The third-order valence-corrected chi connectivity index (χ3v) is 2.51. The number of carbonyl (C=O) groups excluding carboxylic acids is 1. The topological polar surface area (TPSA) is 63.6 Å². The van der Waals surface area contributed by atoms with Crippen molar-refractivity contribution in [1.82, 2.24) is 0 Å². The Morgan fingerprint density at radius 3 is 2.43 bits per heavy atom. The van der Waals surface area contributed by atoms with Crippen LogP contribution in [0.1, 0.15) is 26.7 Å². The molecule has 14 heavy (non-hydrogen) atoms. The molecule has 1 fully saturated rings. The maximum Gasteiger partial charge on any atom is 0.328 e. The highest BCUT2D eigenvalue weighted by atomic mass is 16.5. The highest BCUT2D eigenvalue weighted by molar-refractivity contribution is 5.88. The van der Waals surface area contributed by atoms with Crippen LogP contribution in [0.3, 0.4) is 0 Å². The molecule has 0 unspecified atom stereocenters. The van der Waals surface area contributed by atoms with Crippen LogP contribution in [0.4, 0.5) is 0 Å². The Kier molecular flexibility index (Phi) is 2.93. The van der Waals surface area contributed by atoms with Gasteiger partial charge in [0.2, 0.25) is 0 Å². The first-order chi connectivity index (χ1) is 6.53. The lowest BCUT2D eigenvalue weighted by Crippen LogP contribution is -2.20. The monoisotopic (exact) mass is 198 g/mol. The van der Waals surface area contributed by atoms with E-state index in [2.05, 4.69) is 0 Å². The van der Waals surface area contributed by atoms with Gasteiger partial charge >= 0.3 is 11.9 Å². The molecule has 78 valence electrons. The average molecular weight is 198 g/mol. The SMILES string of the molecule is CCOC(=O)C1(C(C)=CC(=O)O)CC1. The first-order valence-electron chi connectivity index (χ1n) is 4.62. The molecule has 4 heteroatoms. The molecular formula is C10H14O4. The fourth-order valence-corrected chi connectivity index (χ4v) is 1.48. The van der Waals surface area contributed by atoms with Crippen LogP contribution in [0.25, 0.3) is 0 Å². The van der Waals surface area contributed by atoms with E-state index in [4.69, 9.17) is 9.84 Å². The summed E-state index contributed by atoms with van der Waals surface area (Å²) in [6.07, 6.45) is 2.48. The highest BCUT2D eigenvalue weighted by Gasteiger charge is 2.52. The molecule has 1 rings (SSSR count). The number of carboxylic acids is 1. The van der Waals surface area contributed by atoms with Crippen molar-refractivity contribution in [2.75, 3.05) is 6.61 Å². The van der Waals surface area contributed by atoms with Crippen LogP contribution in [0.15, 0.2) is 11.6 Å². The van der Waals surface area contributed by atoms with Crippen LogP contribution >= 0.6 is 0 Å². The van der Waals surface area contributed by atoms with Crippen LogP contribution in [0.2, 0.25) is 0 Å². The zero-order valence-electron chi connectivity index (χ0n) is 8.37. The van der Waals surface area contributed by atoms with Gasteiger partial charge in [-0.1, -0.05) is 0 Å². The number of hydrogen-bond acceptors (Lipinski definition) is 3.